The Morgan fingerprint density at radius 1 is 1.10 bits per heavy atom. The Morgan fingerprint density at radius 2 is 1.82 bits per heavy atom. The number of hydrogen-bond acceptors (Lipinski definition) is 8. The molecule has 1 aliphatic rings. The van der Waals surface area contributed by atoms with Crippen molar-refractivity contribution in [1.82, 2.24) is 10.1 Å². The van der Waals surface area contributed by atoms with Crippen molar-refractivity contribution in [2.45, 2.75) is 57.2 Å². The van der Waals surface area contributed by atoms with E-state index >= 15 is 8.78 Å². The van der Waals surface area contributed by atoms with E-state index in [0.29, 0.717) is 17.7 Å². The first-order valence-electron chi connectivity index (χ1n) is 12.3. The largest absolute Gasteiger partial charge is 0.443 e. The predicted molar refractivity (Wildman–Crippen MR) is 137 cm³/mol. The molecule has 9 nitrogen and oxygen atoms in total. The van der Waals surface area contributed by atoms with E-state index in [0.717, 1.165) is 50.4 Å². The van der Waals surface area contributed by atoms with Gasteiger partial charge in [0.05, 0.1) is 5.69 Å². The van der Waals surface area contributed by atoms with Crippen molar-refractivity contribution in [2.24, 2.45) is 0 Å². The van der Waals surface area contributed by atoms with Crippen LogP contribution in [0.2, 0.25) is 0 Å². The lowest BCUT2D eigenvalue weighted by molar-refractivity contribution is 0.0607. The highest BCUT2D eigenvalue weighted by molar-refractivity contribution is 7.93. The maximum Gasteiger partial charge on any atom is 0.430 e. The van der Waals surface area contributed by atoms with Gasteiger partial charge in [0.25, 0.3) is 10.0 Å². The van der Waals surface area contributed by atoms with E-state index < -0.39 is 49.9 Å². The quantitative estimate of drug-likeness (QED) is 0.385. The maximum atomic E-state index is 15.2. The van der Waals surface area contributed by atoms with Crippen molar-refractivity contribution in [3.63, 3.8) is 0 Å². The monoisotopic (exact) mass is 566 g/mol. The third-order valence-corrected chi connectivity index (χ3v) is 7.71. The summed E-state index contributed by atoms with van der Waals surface area (Å²) in [6.07, 6.45) is 1.74. The van der Waals surface area contributed by atoms with E-state index in [-0.39, 0.29) is 16.5 Å². The number of benzene rings is 2. The molecular formula is C26H29F3N4O5S. The molecule has 3 aromatic rings. The number of carbonyl (C=O) groups excluding carboxylic acids is 1. The second kappa shape index (κ2) is 11.3. The van der Waals surface area contributed by atoms with E-state index in [1.807, 2.05) is 0 Å². The van der Waals surface area contributed by atoms with Crippen LogP contribution in [0.5, 0.6) is 0 Å². The highest BCUT2D eigenvalue weighted by Crippen LogP contribution is 2.30. The van der Waals surface area contributed by atoms with Crippen LogP contribution in [-0.2, 0) is 27.8 Å². The zero-order valence-corrected chi connectivity index (χ0v) is 22.5. The molecular weight excluding hydrogens is 537 g/mol. The number of aromatic nitrogens is 1. The first-order chi connectivity index (χ1) is 18.4. The van der Waals surface area contributed by atoms with Crippen molar-refractivity contribution in [3.05, 3.63) is 71.2 Å². The third-order valence-electron chi connectivity index (χ3n) is 6.02. The fraction of sp³-hybridized carbons (Fsp3) is 0.385. The van der Waals surface area contributed by atoms with Gasteiger partial charge in [0.1, 0.15) is 22.6 Å². The number of nitrogens with one attached hydrogen (secondary N) is 1. The lowest BCUT2D eigenvalue weighted by Gasteiger charge is -2.25. The fourth-order valence-corrected chi connectivity index (χ4v) is 5.54. The number of hydrogen-bond donors (Lipinski definition) is 1. The minimum Gasteiger partial charge on any atom is -0.443 e. The van der Waals surface area contributed by atoms with E-state index in [9.17, 15) is 17.6 Å². The zero-order valence-electron chi connectivity index (χ0n) is 21.7. The molecule has 39 heavy (non-hydrogen) atoms. The second-order valence-corrected chi connectivity index (χ2v) is 11.8. The van der Waals surface area contributed by atoms with Crippen LogP contribution >= 0.6 is 0 Å². The number of likely N-dealkylation sites (tertiary alicyclic amines) is 1. The van der Waals surface area contributed by atoms with Crippen LogP contribution in [0.25, 0.3) is 0 Å². The Kier molecular flexibility index (Phi) is 8.21. The first-order valence-corrected chi connectivity index (χ1v) is 13.7. The summed E-state index contributed by atoms with van der Waals surface area (Å²) >= 11 is 0. The maximum absolute atomic E-state index is 15.2. The number of sulfonamides is 1. The van der Waals surface area contributed by atoms with Crippen molar-refractivity contribution in [2.75, 3.05) is 22.7 Å². The van der Waals surface area contributed by atoms with Crippen LogP contribution < -0.4 is 9.62 Å². The van der Waals surface area contributed by atoms with Crippen molar-refractivity contribution in [3.8, 4) is 0 Å². The molecule has 4 rings (SSSR count). The van der Waals surface area contributed by atoms with Gasteiger partial charge in [-0.1, -0.05) is 17.3 Å². The van der Waals surface area contributed by atoms with Crippen LogP contribution in [0.15, 0.2) is 52.1 Å². The summed E-state index contributed by atoms with van der Waals surface area (Å²) in [6.45, 7) is 6.66. The fourth-order valence-electron chi connectivity index (χ4n) is 4.21. The molecule has 0 radical (unpaired) electrons. The molecule has 0 spiro atoms. The highest BCUT2D eigenvalue weighted by Gasteiger charge is 2.39. The summed E-state index contributed by atoms with van der Waals surface area (Å²) in [6, 6.07) is 7.52. The summed E-state index contributed by atoms with van der Waals surface area (Å²) in [7, 11) is -5.03. The predicted octanol–water partition coefficient (Wildman–Crippen LogP) is 5.43. The summed E-state index contributed by atoms with van der Waals surface area (Å²) in [5.41, 5.74) is -0.479. The highest BCUT2D eigenvalue weighted by atomic mass is 32.2. The van der Waals surface area contributed by atoms with Gasteiger partial charge in [-0.05, 0) is 70.5 Å². The molecule has 1 N–H and O–H groups in total. The molecule has 1 aliphatic heterocycles. The normalized spacial score (nSPS) is 14.4. The zero-order chi connectivity index (χ0) is 28.4. The van der Waals surface area contributed by atoms with Gasteiger partial charge >= 0.3 is 6.09 Å². The molecule has 0 bridgehead atoms. The SMILES string of the molecule is CC(C)(C)OC(=O)N(c1ccon1)S(=O)(=O)c1ccc(NCc2c(F)cccc2CN2CCCC2)c(F)c1F. The van der Waals surface area contributed by atoms with Crippen molar-refractivity contribution >= 4 is 27.6 Å². The number of rotatable bonds is 8. The molecule has 1 aromatic heterocycles. The van der Waals surface area contributed by atoms with Gasteiger partial charge in [0.15, 0.2) is 17.5 Å². The lowest BCUT2D eigenvalue weighted by atomic mass is 10.1. The summed E-state index contributed by atoms with van der Waals surface area (Å²) < 4.78 is 81.6. The van der Waals surface area contributed by atoms with Crippen molar-refractivity contribution in [1.29, 1.82) is 0 Å². The molecule has 210 valence electrons. The third kappa shape index (κ3) is 6.36. The molecule has 13 heteroatoms. The van der Waals surface area contributed by atoms with Crippen molar-refractivity contribution < 1.29 is 35.6 Å². The van der Waals surface area contributed by atoms with E-state index in [2.05, 4.69) is 19.9 Å². The number of halogens is 3. The number of anilines is 2. The van der Waals surface area contributed by atoms with Gasteiger partial charge < -0.3 is 14.6 Å². The van der Waals surface area contributed by atoms with Crippen LogP contribution in [0.1, 0.15) is 44.7 Å². The van der Waals surface area contributed by atoms with E-state index in [1.54, 1.807) is 12.1 Å². The molecule has 0 aliphatic carbocycles. The number of nitrogens with zero attached hydrogens (tertiary/aromatic N) is 3. The minimum absolute atomic E-state index is 0.0939. The summed E-state index contributed by atoms with van der Waals surface area (Å²) in [5, 5.41) is 6.11. The molecule has 0 atom stereocenters. The van der Waals surface area contributed by atoms with Gasteiger partial charge in [0.2, 0.25) is 0 Å². The van der Waals surface area contributed by atoms with E-state index in [1.165, 1.54) is 26.8 Å². The Hall–Kier alpha value is -3.58. The minimum atomic E-state index is -5.03. The molecule has 1 fully saturated rings. The average Bonchev–Trinajstić information content (AvgIpc) is 3.54. The molecule has 2 heterocycles. The number of ether oxygens (including phenoxy) is 1. The molecule has 2 aromatic carbocycles. The average molecular weight is 567 g/mol. The van der Waals surface area contributed by atoms with Crippen LogP contribution in [0, 0.1) is 17.5 Å². The smallest absolute Gasteiger partial charge is 0.430 e. The van der Waals surface area contributed by atoms with Crippen LogP contribution in [0.4, 0.5) is 29.5 Å². The second-order valence-electron chi connectivity index (χ2n) is 10.1. The topological polar surface area (TPSA) is 105 Å². The Balaban J connectivity index is 1.61. The summed E-state index contributed by atoms with van der Waals surface area (Å²) in [5.74, 6) is -4.25. The Labute approximate surface area is 224 Å². The lowest BCUT2D eigenvalue weighted by Crippen LogP contribution is -2.41. The van der Waals surface area contributed by atoms with Gasteiger partial charge in [-0.25, -0.2) is 26.4 Å². The number of amides is 1. The number of carbonyl (C=O) groups is 1. The van der Waals surface area contributed by atoms with Crippen LogP contribution in [-0.4, -0.2) is 43.3 Å². The Morgan fingerprint density at radius 3 is 2.46 bits per heavy atom. The van der Waals surface area contributed by atoms with Gasteiger partial charge in [-0.3, -0.25) is 4.90 Å². The van der Waals surface area contributed by atoms with Gasteiger partial charge in [0, 0.05) is 24.7 Å². The molecule has 1 amide bonds. The molecule has 0 unspecified atom stereocenters. The summed E-state index contributed by atoms with van der Waals surface area (Å²) in [4.78, 5) is 13.8. The molecule has 0 saturated carbocycles. The van der Waals surface area contributed by atoms with Gasteiger partial charge in [-0.15, -0.1) is 4.31 Å². The van der Waals surface area contributed by atoms with E-state index in [4.69, 9.17) is 4.74 Å². The first kappa shape index (κ1) is 28.4. The van der Waals surface area contributed by atoms with Gasteiger partial charge in [-0.2, -0.15) is 0 Å². The van der Waals surface area contributed by atoms with Crippen LogP contribution in [0.3, 0.4) is 0 Å². The molecule has 1 saturated heterocycles. The standard InChI is InChI=1S/C26H29F3N4O5S/c1-26(2,3)38-25(34)33(22-11-14-37-31-22)39(35,36)21-10-9-20(23(28)24(21)29)30-15-18-17(7-6-8-19(18)27)16-32-12-4-5-13-32/h6-11,14,30H,4-5,12-13,15-16H2,1-3H3. The Bertz CT molecular complexity index is 1440.